The van der Waals surface area contributed by atoms with Crippen molar-refractivity contribution in [3.05, 3.63) is 61.3 Å². The van der Waals surface area contributed by atoms with Gasteiger partial charge in [0, 0.05) is 29.6 Å². The number of carbonyl (C=O) groups is 2. The van der Waals surface area contributed by atoms with Gasteiger partial charge in [-0.15, -0.1) is 11.3 Å². The molecule has 1 aliphatic carbocycles. The molecule has 1 aromatic carbocycles. The van der Waals surface area contributed by atoms with Gasteiger partial charge < -0.3 is 0 Å². The Labute approximate surface area is 159 Å². The molecule has 5 rings (SSSR count). The fraction of sp³-hybridized carbons (Fsp3) is 0.368. The van der Waals surface area contributed by atoms with E-state index >= 15 is 0 Å². The summed E-state index contributed by atoms with van der Waals surface area (Å²) in [5.74, 6) is -0.227. The van der Waals surface area contributed by atoms with Gasteiger partial charge in [0.25, 0.3) is 17.5 Å². The van der Waals surface area contributed by atoms with E-state index in [4.69, 9.17) is 0 Å². The van der Waals surface area contributed by atoms with E-state index in [0.29, 0.717) is 5.92 Å². The largest absolute Gasteiger partial charge is 0.278 e. The molecule has 1 fully saturated rings. The highest BCUT2D eigenvalue weighted by molar-refractivity contribution is 7.10. The van der Waals surface area contributed by atoms with Crippen molar-refractivity contribution in [3.8, 4) is 0 Å². The molecule has 138 valence electrons. The molecular formula is C19H17N3O4S. The number of thiophene rings is 1. The first-order valence-electron chi connectivity index (χ1n) is 8.99. The van der Waals surface area contributed by atoms with E-state index in [2.05, 4.69) is 16.3 Å². The molecule has 2 aromatic rings. The number of hydrogen-bond acceptors (Lipinski definition) is 6. The molecule has 0 radical (unpaired) electrons. The van der Waals surface area contributed by atoms with E-state index in [0.717, 1.165) is 13.0 Å². The fourth-order valence-electron chi connectivity index (χ4n) is 4.22. The first-order chi connectivity index (χ1) is 13.0. The molecule has 0 saturated heterocycles. The van der Waals surface area contributed by atoms with Crippen molar-refractivity contribution < 1.29 is 14.5 Å². The van der Waals surface area contributed by atoms with Crippen LogP contribution < -0.4 is 0 Å². The molecule has 1 aromatic heterocycles. The van der Waals surface area contributed by atoms with E-state index in [1.807, 2.05) is 0 Å². The molecule has 0 spiro atoms. The van der Waals surface area contributed by atoms with Crippen molar-refractivity contribution in [2.24, 2.45) is 5.92 Å². The van der Waals surface area contributed by atoms with E-state index in [-0.39, 0.29) is 35.4 Å². The summed E-state index contributed by atoms with van der Waals surface area (Å²) in [6, 6.07) is 6.29. The highest BCUT2D eigenvalue weighted by atomic mass is 32.1. The second-order valence-corrected chi connectivity index (χ2v) is 8.31. The lowest BCUT2D eigenvalue weighted by Crippen LogP contribution is -2.45. The number of rotatable bonds is 4. The Bertz CT molecular complexity index is 981. The average molecular weight is 383 g/mol. The zero-order valence-corrected chi connectivity index (χ0v) is 15.3. The lowest BCUT2D eigenvalue weighted by molar-refractivity contribution is -0.384. The molecule has 8 heteroatoms. The van der Waals surface area contributed by atoms with Crippen LogP contribution >= 0.6 is 11.3 Å². The summed E-state index contributed by atoms with van der Waals surface area (Å²) in [7, 11) is 0. The van der Waals surface area contributed by atoms with Gasteiger partial charge in [-0.2, -0.15) is 0 Å². The number of nitro benzene ring substituents is 1. The number of imide groups is 1. The van der Waals surface area contributed by atoms with Gasteiger partial charge in [0.05, 0.1) is 22.7 Å². The summed E-state index contributed by atoms with van der Waals surface area (Å²) in [4.78, 5) is 40.9. The maximum atomic E-state index is 12.8. The predicted octanol–water partition coefficient (Wildman–Crippen LogP) is 3.22. The zero-order valence-electron chi connectivity index (χ0n) is 14.5. The quantitative estimate of drug-likeness (QED) is 0.460. The fourth-order valence-corrected chi connectivity index (χ4v) is 5.14. The van der Waals surface area contributed by atoms with Crippen LogP contribution in [-0.2, 0) is 6.42 Å². The molecule has 3 aliphatic rings. The number of fused-ring (bicyclic) bond motifs is 2. The summed E-state index contributed by atoms with van der Waals surface area (Å²) in [6.07, 6.45) is 3.26. The van der Waals surface area contributed by atoms with Crippen LogP contribution in [0.15, 0.2) is 29.6 Å². The third-order valence-electron chi connectivity index (χ3n) is 5.67. The zero-order chi connectivity index (χ0) is 18.7. The maximum Gasteiger partial charge on any atom is 0.270 e. The van der Waals surface area contributed by atoms with Gasteiger partial charge in [-0.3, -0.25) is 29.5 Å². The van der Waals surface area contributed by atoms with Crippen LogP contribution in [-0.4, -0.2) is 39.8 Å². The van der Waals surface area contributed by atoms with Crippen molar-refractivity contribution in [3.63, 3.8) is 0 Å². The number of nitrogens with zero attached hydrogens (tertiary/aromatic N) is 3. The minimum atomic E-state index is -0.549. The summed E-state index contributed by atoms with van der Waals surface area (Å²) < 4.78 is 0. The molecule has 7 nitrogen and oxygen atoms in total. The summed E-state index contributed by atoms with van der Waals surface area (Å²) >= 11 is 1.78. The van der Waals surface area contributed by atoms with Crippen molar-refractivity contribution in [1.29, 1.82) is 0 Å². The molecule has 0 bridgehead atoms. The molecule has 2 amide bonds. The lowest BCUT2D eigenvalue weighted by Gasteiger charge is -2.37. The predicted molar refractivity (Wildman–Crippen MR) is 98.7 cm³/mol. The normalized spacial score (nSPS) is 22.1. The van der Waals surface area contributed by atoms with Crippen LogP contribution in [0.5, 0.6) is 0 Å². The molecule has 1 atom stereocenters. The third-order valence-corrected chi connectivity index (χ3v) is 6.67. The Morgan fingerprint density at radius 1 is 1.15 bits per heavy atom. The lowest BCUT2D eigenvalue weighted by atomic mass is 9.96. The minimum Gasteiger partial charge on any atom is -0.278 e. The molecule has 3 heterocycles. The van der Waals surface area contributed by atoms with Gasteiger partial charge in [0.2, 0.25) is 0 Å². The second-order valence-electron chi connectivity index (χ2n) is 7.31. The van der Waals surface area contributed by atoms with Gasteiger partial charge >= 0.3 is 0 Å². The standard InChI is InChI=1S/C19H17N3O4S/c23-18-13-4-3-12(22(25)26)9-15(13)19(24)21(18)10-20-7-5-16-14(6-8-27-16)17(20)11-1-2-11/h3-4,6,8-9,11,17H,1-2,5,7,10H2/t17-/m1/s1. The maximum absolute atomic E-state index is 12.8. The van der Waals surface area contributed by atoms with Gasteiger partial charge in [-0.1, -0.05) is 0 Å². The van der Waals surface area contributed by atoms with Crippen LogP contribution in [0.2, 0.25) is 0 Å². The Morgan fingerprint density at radius 2 is 1.93 bits per heavy atom. The van der Waals surface area contributed by atoms with Crippen LogP contribution in [0.3, 0.4) is 0 Å². The smallest absolute Gasteiger partial charge is 0.270 e. The van der Waals surface area contributed by atoms with Crippen LogP contribution in [0.25, 0.3) is 0 Å². The van der Waals surface area contributed by atoms with Crippen LogP contribution in [0, 0.1) is 16.0 Å². The number of carbonyl (C=O) groups excluding carboxylic acids is 2. The van der Waals surface area contributed by atoms with Crippen LogP contribution in [0.1, 0.15) is 50.0 Å². The summed E-state index contributed by atoms with van der Waals surface area (Å²) in [5.41, 5.74) is 1.54. The molecule has 27 heavy (non-hydrogen) atoms. The topological polar surface area (TPSA) is 83.8 Å². The van der Waals surface area contributed by atoms with Gasteiger partial charge in [0.15, 0.2) is 0 Å². The number of benzene rings is 1. The number of non-ortho nitro benzene ring substituents is 1. The minimum absolute atomic E-state index is 0.130. The monoisotopic (exact) mass is 383 g/mol. The Morgan fingerprint density at radius 3 is 2.67 bits per heavy atom. The number of hydrogen-bond donors (Lipinski definition) is 0. The highest BCUT2D eigenvalue weighted by Crippen LogP contribution is 2.48. The van der Waals surface area contributed by atoms with Crippen molar-refractivity contribution >= 4 is 28.8 Å². The molecule has 2 aliphatic heterocycles. The Balaban J connectivity index is 1.43. The Hall–Kier alpha value is -2.58. The SMILES string of the molecule is O=C1c2ccc([N+](=O)[O-])cc2C(=O)N1CN1CCc2sccc2[C@H]1C1CC1. The molecule has 1 saturated carbocycles. The van der Waals surface area contributed by atoms with Gasteiger partial charge in [-0.25, -0.2) is 0 Å². The second kappa shape index (κ2) is 5.97. The summed E-state index contributed by atoms with van der Waals surface area (Å²) in [5, 5.41) is 13.1. The highest BCUT2D eigenvalue weighted by Gasteiger charge is 2.43. The first kappa shape index (κ1) is 16.6. The number of nitro groups is 1. The number of amides is 2. The van der Waals surface area contributed by atoms with Crippen molar-refractivity contribution in [2.45, 2.75) is 25.3 Å². The van der Waals surface area contributed by atoms with Crippen LogP contribution in [0.4, 0.5) is 5.69 Å². The van der Waals surface area contributed by atoms with E-state index < -0.39 is 10.8 Å². The summed E-state index contributed by atoms with van der Waals surface area (Å²) in [6.45, 7) is 1.04. The third kappa shape index (κ3) is 2.59. The molecular weight excluding hydrogens is 366 g/mol. The van der Waals surface area contributed by atoms with E-state index in [1.165, 1.54) is 46.4 Å². The van der Waals surface area contributed by atoms with Gasteiger partial charge in [0.1, 0.15) is 0 Å². The Kier molecular flexibility index (Phi) is 3.66. The van der Waals surface area contributed by atoms with Crippen molar-refractivity contribution in [2.75, 3.05) is 13.2 Å². The van der Waals surface area contributed by atoms with E-state index in [1.54, 1.807) is 11.3 Å². The van der Waals surface area contributed by atoms with Gasteiger partial charge in [-0.05, 0) is 48.3 Å². The average Bonchev–Trinajstić information content (AvgIpc) is 3.34. The molecule has 0 unspecified atom stereocenters. The van der Waals surface area contributed by atoms with Crippen molar-refractivity contribution in [1.82, 2.24) is 9.80 Å². The van der Waals surface area contributed by atoms with E-state index in [9.17, 15) is 19.7 Å². The molecule has 0 N–H and O–H groups in total. The first-order valence-corrected chi connectivity index (χ1v) is 9.87.